The van der Waals surface area contributed by atoms with Crippen LogP contribution in [0.2, 0.25) is 0 Å². The van der Waals surface area contributed by atoms with Crippen LogP contribution in [0.5, 0.6) is 0 Å². The molecule has 0 aromatic rings. The molecule has 0 spiro atoms. The predicted molar refractivity (Wildman–Crippen MR) is 50.9 cm³/mol. The second-order valence-electron chi connectivity index (χ2n) is 3.60. The summed E-state index contributed by atoms with van der Waals surface area (Å²) in [6.45, 7) is 0. The molecule has 1 rings (SSSR count). The van der Waals surface area contributed by atoms with Gasteiger partial charge in [0.2, 0.25) is 5.79 Å². The summed E-state index contributed by atoms with van der Waals surface area (Å²) in [5.41, 5.74) is 0. The zero-order valence-electron chi connectivity index (χ0n) is 8.31. The number of ether oxygens (including phenoxy) is 1. The Morgan fingerprint density at radius 3 is 2.27 bits per heavy atom. The van der Waals surface area contributed by atoms with Gasteiger partial charge in [0.15, 0.2) is 0 Å². The molecule has 5 nitrogen and oxygen atoms in total. The Kier molecular flexibility index (Phi) is 3.85. The van der Waals surface area contributed by atoms with E-state index in [1.54, 1.807) is 0 Å². The van der Waals surface area contributed by atoms with Crippen molar-refractivity contribution < 1.29 is 24.5 Å². The number of hydrogen-bond acceptors (Lipinski definition) is 4. The van der Waals surface area contributed by atoms with E-state index in [0.29, 0.717) is 18.9 Å². The first-order valence-electron chi connectivity index (χ1n) is 4.88. The molecule has 15 heavy (non-hydrogen) atoms. The Morgan fingerprint density at radius 1 is 1.13 bits per heavy atom. The summed E-state index contributed by atoms with van der Waals surface area (Å²) in [5.74, 6) is -3.44. The standard InChI is InChI=1S/C10H14O5/c11-8(12)4-5-9(13)15-10(14)6-2-1-3-7-10/h4-5,14H,1-3,6-7H2,(H,11,12)/b5-4-. The molecule has 0 unspecified atom stereocenters. The SMILES string of the molecule is O=C(O)/C=C\C(=O)OC1(O)CCCCC1. The van der Waals surface area contributed by atoms with Gasteiger partial charge in [-0.05, 0) is 12.8 Å². The maximum Gasteiger partial charge on any atom is 0.333 e. The van der Waals surface area contributed by atoms with Crippen LogP contribution in [0.1, 0.15) is 32.1 Å². The van der Waals surface area contributed by atoms with Gasteiger partial charge in [0.25, 0.3) is 0 Å². The van der Waals surface area contributed by atoms with Crippen molar-refractivity contribution in [1.29, 1.82) is 0 Å². The van der Waals surface area contributed by atoms with E-state index < -0.39 is 17.7 Å². The third-order valence-corrected chi connectivity index (χ3v) is 2.29. The van der Waals surface area contributed by atoms with E-state index in [1.165, 1.54) is 0 Å². The first-order chi connectivity index (χ1) is 7.02. The number of esters is 1. The number of hydrogen-bond donors (Lipinski definition) is 2. The van der Waals surface area contributed by atoms with Crippen molar-refractivity contribution in [3.63, 3.8) is 0 Å². The molecule has 0 amide bonds. The molecule has 84 valence electrons. The van der Waals surface area contributed by atoms with Crippen LogP contribution in [0.3, 0.4) is 0 Å². The molecule has 0 aliphatic heterocycles. The van der Waals surface area contributed by atoms with E-state index in [4.69, 9.17) is 9.84 Å². The third kappa shape index (κ3) is 4.12. The number of carboxylic acid groups (broad SMARTS) is 1. The van der Waals surface area contributed by atoms with Gasteiger partial charge in [-0.1, -0.05) is 6.42 Å². The summed E-state index contributed by atoms with van der Waals surface area (Å²) in [6, 6.07) is 0. The highest BCUT2D eigenvalue weighted by Crippen LogP contribution is 2.29. The Balaban J connectivity index is 2.45. The maximum absolute atomic E-state index is 11.1. The Labute approximate surface area is 87.4 Å². The van der Waals surface area contributed by atoms with Gasteiger partial charge in [-0.3, -0.25) is 0 Å². The van der Waals surface area contributed by atoms with Gasteiger partial charge in [-0.2, -0.15) is 0 Å². The quantitative estimate of drug-likeness (QED) is 0.413. The van der Waals surface area contributed by atoms with Gasteiger partial charge in [-0.25, -0.2) is 9.59 Å². The number of aliphatic carboxylic acids is 1. The third-order valence-electron chi connectivity index (χ3n) is 2.29. The minimum atomic E-state index is -1.40. The van der Waals surface area contributed by atoms with Gasteiger partial charge >= 0.3 is 11.9 Å². The summed E-state index contributed by atoms with van der Waals surface area (Å²) in [5, 5.41) is 18.1. The molecule has 1 saturated carbocycles. The zero-order valence-corrected chi connectivity index (χ0v) is 8.31. The molecular weight excluding hydrogens is 200 g/mol. The van der Waals surface area contributed by atoms with Gasteiger partial charge in [-0.15, -0.1) is 0 Å². The van der Waals surface area contributed by atoms with E-state index >= 15 is 0 Å². The van der Waals surface area contributed by atoms with Gasteiger partial charge in [0, 0.05) is 25.0 Å². The highest BCUT2D eigenvalue weighted by molar-refractivity contribution is 5.90. The maximum atomic E-state index is 11.1. The Hall–Kier alpha value is -1.36. The van der Waals surface area contributed by atoms with E-state index in [0.717, 1.165) is 25.3 Å². The topological polar surface area (TPSA) is 83.8 Å². The second kappa shape index (κ2) is 4.93. The highest BCUT2D eigenvalue weighted by atomic mass is 16.7. The second-order valence-corrected chi connectivity index (χ2v) is 3.60. The molecule has 1 aliphatic carbocycles. The monoisotopic (exact) mass is 214 g/mol. The van der Waals surface area contributed by atoms with Crippen molar-refractivity contribution in [2.24, 2.45) is 0 Å². The molecule has 1 fully saturated rings. The number of carbonyl (C=O) groups excluding carboxylic acids is 1. The van der Waals surface area contributed by atoms with Gasteiger partial charge < -0.3 is 14.9 Å². The van der Waals surface area contributed by atoms with Crippen molar-refractivity contribution >= 4 is 11.9 Å². The van der Waals surface area contributed by atoms with Crippen molar-refractivity contribution in [2.75, 3.05) is 0 Å². The van der Waals surface area contributed by atoms with E-state index in [1.807, 2.05) is 0 Å². The smallest absolute Gasteiger partial charge is 0.333 e. The lowest BCUT2D eigenvalue weighted by Crippen LogP contribution is -2.36. The summed E-state index contributed by atoms with van der Waals surface area (Å²) < 4.78 is 4.80. The molecular formula is C10H14O5. The van der Waals surface area contributed by atoms with Crippen molar-refractivity contribution in [1.82, 2.24) is 0 Å². The van der Waals surface area contributed by atoms with Crippen LogP contribution in [-0.4, -0.2) is 27.9 Å². The largest absolute Gasteiger partial charge is 0.478 e. The first kappa shape index (κ1) is 11.7. The van der Waals surface area contributed by atoms with Gasteiger partial charge in [0.1, 0.15) is 0 Å². The molecule has 0 aromatic heterocycles. The van der Waals surface area contributed by atoms with Crippen LogP contribution >= 0.6 is 0 Å². The van der Waals surface area contributed by atoms with Crippen LogP contribution in [-0.2, 0) is 14.3 Å². The summed E-state index contributed by atoms with van der Waals surface area (Å²) in [6.07, 6.45) is 4.96. The number of rotatable bonds is 3. The lowest BCUT2D eigenvalue weighted by molar-refractivity contribution is -0.215. The Morgan fingerprint density at radius 2 is 1.73 bits per heavy atom. The normalized spacial score (nSPS) is 20.1. The molecule has 0 bridgehead atoms. The fourth-order valence-electron chi connectivity index (χ4n) is 1.57. The molecule has 0 aromatic carbocycles. The molecule has 0 radical (unpaired) electrons. The van der Waals surface area contributed by atoms with Crippen molar-refractivity contribution in [3.05, 3.63) is 12.2 Å². The lowest BCUT2D eigenvalue weighted by atomic mass is 9.94. The number of carboxylic acids is 1. The Bertz CT molecular complexity index is 276. The van der Waals surface area contributed by atoms with Crippen LogP contribution in [0.25, 0.3) is 0 Å². The van der Waals surface area contributed by atoms with E-state index in [2.05, 4.69) is 0 Å². The minimum Gasteiger partial charge on any atom is -0.478 e. The van der Waals surface area contributed by atoms with E-state index in [9.17, 15) is 14.7 Å². The fraction of sp³-hybridized carbons (Fsp3) is 0.600. The average Bonchev–Trinajstić information content (AvgIpc) is 2.15. The summed E-state index contributed by atoms with van der Waals surface area (Å²) in [4.78, 5) is 21.2. The minimum absolute atomic E-state index is 0.416. The molecule has 0 saturated heterocycles. The summed E-state index contributed by atoms with van der Waals surface area (Å²) >= 11 is 0. The van der Waals surface area contributed by atoms with Crippen LogP contribution in [0.4, 0.5) is 0 Å². The highest BCUT2D eigenvalue weighted by Gasteiger charge is 2.32. The average molecular weight is 214 g/mol. The number of aliphatic hydroxyl groups is 1. The van der Waals surface area contributed by atoms with Crippen LogP contribution in [0, 0.1) is 0 Å². The van der Waals surface area contributed by atoms with E-state index in [-0.39, 0.29) is 0 Å². The van der Waals surface area contributed by atoms with Crippen molar-refractivity contribution in [3.8, 4) is 0 Å². The molecule has 2 N–H and O–H groups in total. The van der Waals surface area contributed by atoms with Crippen molar-refractivity contribution in [2.45, 2.75) is 37.9 Å². The zero-order chi connectivity index (χ0) is 11.3. The lowest BCUT2D eigenvalue weighted by Gasteiger charge is -2.30. The van der Waals surface area contributed by atoms with Crippen LogP contribution in [0.15, 0.2) is 12.2 Å². The van der Waals surface area contributed by atoms with Gasteiger partial charge in [0.05, 0.1) is 0 Å². The number of carbonyl (C=O) groups is 2. The molecule has 0 atom stereocenters. The molecule has 0 heterocycles. The fourth-order valence-corrected chi connectivity index (χ4v) is 1.57. The molecule has 1 aliphatic rings. The first-order valence-corrected chi connectivity index (χ1v) is 4.88. The predicted octanol–water partition coefficient (Wildman–Crippen LogP) is 0.823. The molecule has 5 heteroatoms. The van der Waals surface area contributed by atoms with Crippen LogP contribution < -0.4 is 0 Å². The summed E-state index contributed by atoms with van der Waals surface area (Å²) in [7, 11) is 0.